The van der Waals surface area contributed by atoms with Gasteiger partial charge in [0.1, 0.15) is 14.8 Å². The first-order valence-electron chi connectivity index (χ1n) is 10.6. The summed E-state index contributed by atoms with van der Waals surface area (Å²) < 4.78 is 9.85. The number of rotatable bonds is 6. The molecule has 30 heavy (non-hydrogen) atoms. The molecule has 2 aliphatic rings. The predicted octanol–water partition coefficient (Wildman–Crippen LogP) is 5.86. The van der Waals surface area contributed by atoms with Crippen molar-refractivity contribution in [3.05, 3.63) is 38.2 Å². The van der Waals surface area contributed by atoms with E-state index in [9.17, 15) is 9.59 Å². The summed E-state index contributed by atoms with van der Waals surface area (Å²) in [6.45, 7) is 4.46. The van der Waals surface area contributed by atoms with Gasteiger partial charge in [-0.05, 0) is 51.5 Å². The lowest BCUT2D eigenvalue weighted by Gasteiger charge is -2.02. The maximum absolute atomic E-state index is 11.4. The van der Waals surface area contributed by atoms with Gasteiger partial charge >= 0.3 is 11.9 Å². The molecule has 0 aliphatic heterocycles. The zero-order valence-corrected chi connectivity index (χ0v) is 19.2. The van der Waals surface area contributed by atoms with Crippen LogP contribution in [-0.2, 0) is 9.47 Å². The Balaban J connectivity index is 0.000000171. The first-order chi connectivity index (χ1) is 14.6. The number of esters is 2. The molecule has 1 fully saturated rings. The molecule has 0 amide bonds. The van der Waals surface area contributed by atoms with E-state index in [1.165, 1.54) is 60.4 Å². The highest BCUT2D eigenvalue weighted by molar-refractivity contribution is 7.14. The van der Waals surface area contributed by atoms with Crippen LogP contribution < -0.4 is 0 Å². The van der Waals surface area contributed by atoms with E-state index in [2.05, 4.69) is 16.0 Å². The largest absolute Gasteiger partial charge is 0.462 e. The molecule has 4 rings (SSSR count). The van der Waals surface area contributed by atoms with Crippen LogP contribution >= 0.6 is 22.7 Å². The van der Waals surface area contributed by atoms with Crippen molar-refractivity contribution in [2.45, 2.75) is 64.7 Å². The third-order valence-corrected chi connectivity index (χ3v) is 7.20. The van der Waals surface area contributed by atoms with Crippen LogP contribution in [0.1, 0.15) is 94.1 Å². The second kappa shape index (κ2) is 11.4. The van der Waals surface area contributed by atoms with Crippen LogP contribution in [0.25, 0.3) is 5.57 Å². The van der Waals surface area contributed by atoms with Crippen molar-refractivity contribution in [3.63, 3.8) is 0 Å². The van der Waals surface area contributed by atoms with Crippen molar-refractivity contribution in [2.24, 2.45) is 0 Å². The molecule has 0 N–H and O–H groups in total. The molecule has 162 valence electrons. The summed E-state index contributed by atoms with van der Waals surface area (Å²) in [5.41, 5.74) is 1.27. The summed E-state index contributed by atoms with van der Waals surface area (Å²) in [7, 11) is 0. The van der Waals surface area contributed by atoms with Gasteiger partial charge in [-0.2, -0.15) is 0 Å². The van der Waals surface area contributed by atoms with Gasteiger partial charge in [0.25, 0.3) is 0 Å². The molecule has 2 aromatic heterocycles. The Bertz CT molecular complexity index is 881. The maximum Gasteiger partial charge on any atom is 0.349 e. The third-order valence-electron chi connectivity index (χ3n) is 5.00. The van der Waals surface area contributed by atoms with Crippen LogP contribution in [0.2, 0.25) is 0 Å². The molecule has 2 aromatic rings. The Kier molecular flexibility index (Phi) is 8.57. The Morgan fingerprint density at radius 1 is 0.967 bits per heavy atom. The Hall–Kier alpha value is -2.06. The van der Waals surface area contributed by atoms with E-state index in [4.69, 9.17) is 9.47 Å². The summed E-state index contributed by atoms with van der Waals surface area (Å²) >= 11 is 2.92. The molecule has 6 nitrogen and oxygen atoms in total. The Morgan fingerprint density at radius 2 is 1.60 bits per heavy atom. The van der Waals surface area contributed by atoms with Crippen LogP contribution in [0.5, 0.6) is 0 Å². The Labute approximate surface area is 185 Å². The lowest BCUT2D eigenvalue weighted by Crippen LogP contribution is -2.01. The molecule has 0 atom stereocenters. The van der Waals surface area contributed by atoms with Gasteiger partial charge in [-0.15, -0.1) is 22.7 Å². The molecule has 0 aromatic carbocycles. The van der Waals surface area contributed by atoms with E-state index in [1.807, 2.05) is 6.92 Å². The lowest BCUT2D eigenvalue weighted by molar-refractivity contribution is 0.0522. The number of thiazole rings is 2. The van der Waals surface area contributed by atoms with Gasteiger partial charge in [0, 0.05) is 5.92 Å². The second-order valence-corrected chi connectivity index (χ2v) is 9.23. The van der Waals surface area contributed by atoms with E-state index in [1.54, 1.807) is 19.3 Å². The van der Waals surface area contributed by atoms with Crippen molar-refractivity contribution >= 4 is 40.2 Å². The highest BCUT2D eigenvalue weighted by Crippen LogP contribution is 2.36. The SMILES string of the molecule is CCOC(=O)c1cnc(C2=CCCC2)s1.CCOC(=O)c1cnc(C2CCCC2)s1. The predicted molar refractivity (Wildman–Crippen MR) is 119 cm³/mol. The van der Waals surface area contributed by atoms with Crippen molar-refractivity contribution in [3.8, 4) is 0 Å². The first-order valence-corrected chi connectivity index (χ1v) is 12.2. The number of carbonyl (C=O) groups is 2. The van der Waals surface area contributed by atoms with E-state index in [0.29, 0.717) is 28.9 Å². The number of ether oxygens (including phenoxy) is 2. The van der Waals surface area contributed by atoms with E-state index >= 15 is 0 Å². The molecule has 0 bridgehead atoms. The fourth-order valence-electron chi connectivity index (χ4n) is 3.53. The van der Waals surface area contributed by atoms with Gasteiger partial charge in [-0.25, -0.2) is 19.6 Å². The molecule has 8 heteroatoms. The highest BCUT2D eigenvalue weighted by Gasteiger charge is 2.22. The van der Waals surface area contributed by atoms with Gasteiger partial charge in [0.2, 0.25) is 0 Å². The van der Waals surface area contributed by atoms with Crippen LogP contribution in [-0.4, -0.2) is 35.1 Å². The fraction of sp³-hybridized carbons (Fsp3) is 0.545. The first kappa shape index (κ1) is 22.6. The molecule has 0 saturated heterocycles. The zero-order valence-electron chi connectivity index (χ0n) is 17.5. The maximum atomic E-state index is 11.4. The standard InChI is InChI=1S/C11H15NO2S.C11H13NO2S/c2*1-2-14-11(13)9-7-12-10(15-9)8-5-3-4-6-8/h7-8H,2-6H2,1H3;5,7H,2-4,6H2,1H3. The minimum absolute atomic E-state index is 0.237. The van der Waals surface area contributed by atoms with Crippen molar-refractivity contribution < 1.29 is 19.1 Å². The lowest BCUT2D eigenvalue weighted by atomic mass is 10.1. The number of hydrogen-bond donors (Lipinski definition) is 0. The average Bonchev–Trinajstić information content (AvgIpc) is 3.55. The van der Waals surface area contributed by atoms with Gasteiger partial charge in [-0.1, -0.05) is 18.9 Å². The average molecular weight is 449 g/mol. The van der Waals surface area contributed by atoms with Crippen LogP contribution in [0, 0.1) is 0 Å². The highest BCUT2D eigenvalue weighted by atomic mass is 32.1. The molecule has 2 aliphatic carbocycles. The van der Waals surface area contributed by atoms with Crippen LogP contribution in [0.15, 0.2) is 18.5 Å². The molecule has 0 unspecified atom stereocenters. The smallest absolute Gasteiger partial charge is 0.349 e. The number of carbonyl (C=O) groups excluding carboxylic acids is 2. The molecular formula is C22H28N2O4S2. The number of aromatic nitrogens is 2. The van der Waals surface area contributed by atoms with E-state index in [0.717, 1.165) is 22.9 Å². The molecule has 1 saturated carbocycles. The summed E-state index contributed by atoms with van der Waals surface area (Å²) in [6, 6.07) is 0. The fourth-order valence-corrected chi connectivity index (χ4v) is 5.39. The summed E-state index contributed by atoms with van der Waals surface area (Å²) in [6.07, 6.45) is 13.9. The van der Waals surface area contributed by atoms with Crippen molar-refractivity contribution in [2.75, 3.05) is 13.2 Å². The number of allylic oxidation sites excluding steroid dienone is 2. The zero-order chi connectivity index (χ0) is 21.3. The summed E-state index contributed by atoms with van der Waals surface area (Å²) in [4.78, 5) is 32.6. The van der Waals surface area contributed by atoms with Gasteiger partial charge < -0.3 is 9.47 Å². The summed E-state index contributed by atoms with van der Waals surface area (Å²) in [5, 5.41) is 2.08. The molecular weight excluding hydrogens is 420 g/mol. The minimum atomic E-state index is -0.264. The second-order valence-electron chi connectivity index (χ2n) is 7.14. The summed E-state index contributed by atoms with van der Waals surface area (Å²) in [5.74, 6) is 0.0808. The van der Waals surface area contributed by atoms with Gasteiger partial charge in [0.15, 0.2) is 0 Å². The normalized spacial score (nSPS) is 16.0. The minimum Gasteiger partial charge on any atom is -0.462 e. The van der Waals surface area contributed by atoms with Crippen molar-refractivity contribution in [1.29, 1.82) is 0 Å². The van der Waals surface area contributed by atoms with E-state index < -0.39 is 0 Å². The molecule has 2 heterocycles. The van der Waals surface area contributed by atoms with E-state index in [-0.39, 0.29) is 11.9 Å². The monoisotopic (exact) mass is 448 g/mol. The molecule has 0 spiro atoms. The van der Waals surface area contributed by atoms with Gasteiger partial charge in [0.05, 0.1) is 30.6 Å². The number of hydrogen-bond acceptors (Lipinski definition) is 8. The van der Waals surface area contributed by atoms with Crippen molar-refractivity contribution in [1.82, 2.24) is 9.97 Å². The quantitative estimate of drug-likeness (QED) is 0.515. The third kappa shape index (κ3) is 5.98. The Morgan fingerprint density at radius 3 is 2.20 bits per heavy atom. The number of nitrogens with zero attached hydrogens (tertiary/aromatic N) is 2. The van der Waals surface area contributed by atoms with Gasteiger partial charge in [-0.3, -0.25) is 0 Å². The molecule has 0 radical (unpaired) electrons. The topological polar surface area (TPSA) is 78.4 Å². The van der Waals surface area contributed by atoms with Crippen LogP contribution in [0.4, 0.5) is 0 Å². The van der Waals surface area contributed by atoms with Crippen LogP contribution in [0.3, 0.4) is 0 Å².